The first-order chi connectivity index (χ1) is 9.19. The van der Waals surface area contributed by atoms with Crippen molar-refractivity contribution in [3.63, 3.8) is 0 Å². The Bertz CT molecular complexity index is 739. The quantitative estimate of drug-likeness (QED) is 0.690. The lowest BCUT2D eigenvalue weighted by atomic mass is 10.1. The number of fused-ring (bicyclic) bond motifs is 1. The predicted octanol–water partition coefficient (Wildman–Crippen LogP) is 3.15. The highest BCUT2D eigenvalue weighted by Gasteiger charge is 2.10. The summed E-state index contributed by atoms with van der Waals surface area (Å²) < 4.78 is 2.60. The van der Waals surface area contributed by atoms with Gasteiger partial charge in [0.25, 0.3) is 0 Å². The molecule has 0 saturated carbocycles. The van der Waals surface area contributed by atoms with Crippen molar-refractivity contribution in [2.24, 2.45) is 0 Å². The van der Waals surface area contributed by atoms with Gasteiger partial charge in [-0.25, -0.2) is 9.50 Å². The van der Waals surface area contributed by atoms with Crippen molar-refractivity contribution >= 4 is 39.8 Å². The topological polar surface area (TPSA) is 50.4 Å². The van der Waals surface area contributed by atoms with Crippen LogP contribution >= 0.6 is 34.2 Å². The van der Waals surface area contributed by atoms with E-state index in [0.717, 1.165) is 20.5 Å². The van der Waals surface area contributed by atoms with Gasteiger partial charge in [-0.05, 0) is 40.8 Å². The maximum Gasteiger partial charge on any atom is 0.169 e. The zero-order valence-corrected chi connectivity index (χ0v) is 12.6. The summed E-state index contributed by atoms with van der Waals surface area (Å²) in [5.41, 5.74) is 3.21. The van der Waals surface area contributed by atoms with E-state index in [-0.39, 0.29) is 6.61 Å². The van der Waals surface area contributed by atoms with Crippen molar-refractivity contribution in [3.8, 4) is 11.3 Å². The molecule has 0 amide bonds. The average molecular weight is 386 g/mol. The molecule has 3 aromatic rings. The third-order valence-electron chi connectivity index (χ3n) is 2.80. The lowest BCUT2D eigenvalue weighted by Gasteiger charge is -2.06. The van der Waals surface area contributed by atoms with Gasteiger partial charge in [0.1, 0.15) is 0 Å². The van der Waals surface area contributed by atoms with E-state index in [9.17, 15) is 5.11 Å². The summed E-state index contributed by atoms with van der Waals surface area (Å²) >= 11 is 8.06. The van der Waals surface area contributed by atoms with E-state index in [2.05, 4.69) is 32.7 Å². The van der Waals surface area contributed by atoms with Gasteiger partial charge in [-0.2, -0.15) is 5.10 Å². The molecule has 6 heteroatoms. The van der Waals surface area contributed by atoms with Crippen molar-refractivity contribution in [2.45, 2.75) is 6.61 Å². The molecule has 0 unspecified atom stereocenters. The van der Waals surface area contributed by atoms with Crippen molar-refractivity contribution in [3.05, 3.63) is 50.8 Å². The molecule has 0 aliphatic rings. The molecule has 0 radical (unpaired) electrons. The molecule has 19 heavy (non-hydrogen) atoms. The monoisotopic (exact) mass is 385 g/mol. The Morgan fingerprint density at radius 2 is 2.00 bits per heavy atom. The summed E-state index contributed by atoms with van der Waals surface area (Å²) in [7, 11) is 0. The van der Waals surface area contributed by atoms with Crippen LogP contribution in [0.15, 0.2) is 36.5 Å². The molecule has 0 aliphatic carbocycles. The van der Waals surface area contributed by atoms with Crippen LogP contribution in [0.2, 0.25) is 5.02 Å². The van der Waals surface area contributed by atoms with Gasteiger partial charge in [0.2, 0.25) is 0 Å². The first-order valence-electron chi connectivity index (χ1n) is 5.59. The van der Waals surface area contributed by atoms with E-state index in [0.29, 0.717) is 10.7 Å². The molecular weight excluding hydrogens is 377 g/mol. The van der Waals surface area contributed by atoms with E-state index in [1.165, 1.54) is 0 Å². The molecule has 96 valence electrons. The normalized spacial score (nSPS) is 11.1. The van der Waals surface area contributed by atoms with E-state index in [4.69, 9.17) is 11.6 Å². The molecular formula is C13H9ClIN3O. The van der Waals surface area contributed by atoms with E-state index < -0.39 is 0 Å². The summed E-state index contributed by atoms with van der Waals surface area (Å²) in [5, 5.41) is 14.3. The smallest absolute Gasteiger partial charge is 0.169 e. The second-order valence-corrected chi connectivity index (χ2v) is 5.62. The third-order valence-corrected chi connectivity index (χ3v) is 3.82. The number of hydrogen-bond donors (Lipinski definition) is 1. The highest BCUT2D eigenvalue weighted by molar-refractivity contribution is 14.1. The van der Waals surface area contributed by atoms with Crippen LogP contribution in [0, 0.1) is 3.57 Å². The standard InChI is InChI=1S/C13H9ClIN3O/c14-9-3-1-8(2-4-9)12-5-10(7-19)18-13(17-12)11(15)6-16-18/h1-6,19H,7H2. The van der Waals surface area contributed by atoms with Crippen LogP contribution in [0.25, 0.3) is 16.9 Å². The number of halogens is 2. The maximum absolute atomic E-state index is 9.45. The number of hydrogen-bond acceptors (Lipinski definition) is 3. The predicted molar refractivity (Wildman–Crippen MR) is 82.1 cm³/mol. The highest BCUT2D eigenvalue weighted by atomic mass is 127. The Balaban J connectivity index is 2.23. The number of rotatable bonds is 2. The van der Waals surface area contributed by atoms with Crippen LogP contribution in [0.1, 0.15) is 5.69 Å². The Morgan fingerprint density at radius 3 is 2.68 bits per heavy atom. The fourth-order valence-electron chi connectivity index (χ4n) is 1.88. The Kier molecular flexibility index (Phi) is 3.42. The van der Waals surface area contributed by atoms with E-state index >= 15 is 0 Å². The molecule has 1 aromatic carbocycles. The first kappa shape index (κ1) is 12.8. The zero-order chi connectivity index (χ0) is 13.4. The van der Waals surface area contributed by atoms with Gasteiger partial charge >= 0.3 is 0 Å². The van der Waals surface area contributed by atoms with Gasteiger partial charge in [0.15, 0.2) is 5.65 Å². The largest absolute Gasteiger partial charge is 0.390 e. The molecule has 0 fully saturated rings. The Labute approximate surface area is 128 Å². The van der Waals surface area contributed by atoms with Crippen LogP contribution in [0.3, 0.4) is 0 Å². The zero-order valence-electron chi connectivity index (χ0n) is 9.72. The molecule has 0 saturated heterocycles. The SMILES string of the molecule is OCc1cc(-c2ccc(Cl)cc2)nc2c(I)cnn12. The van der Waals surface area contributed by atoms with E-state index in [1.807, 2.05) is 30.3 Å². The number of aliphatic hydroxyl groups excluding tert-OH is 1. The molecule has 0 bridgehead atoms. The fraction of sp³-hybridized carbons (Fsp3) is 0.0769. The maximum atomic E-state index is 9.45. The molecule has 2 heterocycles. The number of aliphatic hydroxyl groups is 1. The first-order valence-corrected chi connectivity index (χ1v) is 7.04. The van der Waals surface area contributed by atoms with Crippen molar-refractivity contribution in [1.82, 2.24) is 14.6 Å². The van der Waals surface area contributed by atoms with Crippen LogP contribution in [0.4, 0.5) is 0 Å². The second kappa shape index (κ2) is 5.07. The third kappa shape index (κ3) is 2.33. The molecule has 0 atom stereocenters. The van der Waals surface area contributed by atoms with E-state index in [1.54, 1.807) is 10.7 Å². The van der Waals surface area contributed by atoms with Gasteiger partial charge in [0, 0.05) is 10.6 Å². The molecule has 3 rings (SSSR count). The Hall–Kier alpha value is -1.18. The van der Waals surface area contributed by atoms with Crippen LogP contribution < -0.4 is 0 Å². The molecule has 1 N–H and O–H groups in total. The Morgan fingerprint density at radius 1 is 1.26 bits per heavy atom. The molecule has 2 aromatic heterocycles. The fourth-order valence-corrected chi connectivity index (χ4v) is 2.48. The van der Waals surface area contributed by atoms with Crippen LogP contribution in [-0.2, 0) is 6.61 Å². The minimum atomic E-state index is -0.0859. The van der Waals surface area contributed by atoms with Gasteiger partial charge in [0.05, 0.1) is 27.8 Å². The van der Waals surface area contributed by atoms with Gasteiger partial charge < -0.3 is 5.11 Å². The minimum Gasteiger partial charge on any atom is -0.390 e. The highest BCUT2D eigenvalue weighted by Crippen LogP contribution is 2.23. The van der Waals surface area contributed by atoms with Crippen molar-refractivity contribution in [1.29, 1.82) is 0 Å². The minimum absolute atomic E-state index is 0.0859. The van der Waals surface area contributed by atoms with Gasteiger partial charge in [-0.3, -0.25) is 0 Å². The summed E-state index contributed by atoms with van der Waals surface area (Å²) in [6.07, 6.45) is 1.73. The summed E-state index contributed by atoms with van der Waals surface area (Å²) in [5.74, 6) is 0. The van der Waals surface area contributed by atoms with Crippen LogP contribution in [0.5, 0.6) is 0 Å². The lowest BCUT2D eigenvalue weighted by Crippen LogP contribution is -2.01. The molecule has 0 aliphatic heterocycles. The summed E-state index contributed by atoms with van der Waals surface area (Å²) in [6, 6.07) is 9.29. The molecule has 4 nitrogen and oxygen atoms in total. The van der Waals surface area contributed by atoms with Gasteiger partial charge in [-0.1, -0.05) is 23.7 Å². The second-order valence-electron chi connectivity index (χ2n) is 4.03. The number of aromatic nitrogens is 3. The van der Waals surface area contributed by atoms with Crippen molar-refractivity contribution < 1.29 is 5.11 Å². The molecule has 0 spiro atoms. The van der Waals surface area contributed by atoms with Crippen molar-refractivity contribution in [2.75, 3.05) is 0 Å². The number of nitrogens with zero attached hydrogens (tertiary/aromatic N) is 3. The summed E-state index contributed by atoms with van der Waals surface area (Å²) in [4.78, 5) is 4.58. The number of benzene rings is 1. The van der Waals surface area contributed by atoms with Crippen LogP contribution in [-0.4, -0.2) is 19.7 Å². The lowest BCUT2D eigenvalue weighted by molar-refractivity contribution is 0.273. The average Bonchev–Trinajstić information content (AvgIpc) is 2.80. The summed E-state index contributed by atoms with van der Waals surface area (Å²) in [6.45, 7) is -0.0859. The van der Waals surface area contributed by atoms with Gasteiger partial charge in [-0.15, -0.1) is 0 Å².